The van der Waals surface area contributed by atoms with E-state index in [1.807, 2.05) is 0 Å². The lowest BCUT2D eigenvalue weighted by Crippen LogP contribution is -2.40. The number of thiophene rings is 1. The molecule has 1 amide bonds. The molecule has 3 nitrogen and oxygen atoms in total. The molecule has 0 saturated heterocycles. The van der Waals surface area contributed by atoms with Gasteiger partial charge >= 0.3 is 6.18 Å². The summed E-state index contributed by atoms with van der Waals surface area (Å²) in [5, 5.41) is 6.95. The third kappa shape index (κ3) is 4.59. The molecule has 8 heteroatoms. The number of alkyl halides is 3. The second kappa shape index (κ2) is 8.26. The number of nitrogens with one attached hydrogen (secondary N) is 2. The first kappa shape index (κ1) is 20.7. The number of hydrogen-bond acceptors (Lipinski definition) is 3. The van der Waals surface area contributed by atoms with Crippen molar-refractivity contribution in [2.45, 2.75) is 43.9 Å². The summed E-state index contributed by atoms with van der Waals surface area (Å²) in [6, 6.07) is 12.0. The molecule has 1 heterocycles. The number of benzene rings is 2. The molecule has 4 rings (SSSR count). The Morgan fingerprint density at radius 1 is 0.967 bits per heavy atom. The zero-order valence-corrected chi connectivity index (χ0v) is 16.7. The highest BCUT2D eigenvalue weighted by atomic mass is 32.1. The highest BCUT2D eigenvalue weighted by molar-refractivity contribution is 7.19. The van der Waals surface area contributed by atoms with Crippen molar-refractivity contribution in [3.63, 3.8) is 0 Å². The van der Waals surface area contributed by atoms with E-state index in [-0.39, 0.29) is 23.8 Å². The Hall–Kier alpha value is -2.61. The Balaban J connectivity index is 1.36. The molecule has 0 unspecified atom stereocenters. The van der Waals surface area contributed by atoms with Gasteiger partial charge in [-0.2, -0.15) is 13.2 Å². The average Bonchev–Trinajstić information content (AvgIpc) is 3.16. The van der Waals surface area contributed by atoms with Crippen LogP contribution in [0.2, 0.25) is 0 Å². The van der Waals surface area contributed by atoms with Crippen LogP contribution < -0.4 is 10.6 Å². The molecule has 1 fully saturated rings. The second-order valence-electron chi connectivity index (χ2n) is 7.51. The van der Waals surface area contributed by atoms with Gasteiger partial charge in [-0.25, -0.2) is 4.39 Å². The van der Waals surface area contributed by atoms with Gasteiger partial charge in [-0.15, -0.1) is 11.3 Å². The zero-order valence-electron chi connectivity index (χ0n) is 15.9. The molecule has 1 saturated carbocycles. The number of carbonyl (C=O) groups excluding carboxylic acids is 1. The summed E-state index contributed by atoms with van der Waals surface area (Å²) in [5.74, 6) is -0.615. The average molecular weight is 436 g/mol. The van der Waals surface area contributed by atoms with E-state index in [0.717, 1.165) is 37.0 Å². The number of rotatable bonds is 4. The van der Waals surface area contributed by atoms with E-state index >= 15 is 0 Å². The molecule has 0 radical (unpaired) electrons. The van der Waals surface area contributed by atoms with Gasteiger partial charge < -0.3 is 10.6 Å². The first-order valence-electron chi connectivity index (χ1n) is 9.72. The van der Waals surface area contributed by atoms with Crippen molar-refractivity contribution in [2.75, 3.05) is 5.32 Å². The third-order valence-corrected chi connectivity index (χ3v) is 6.58. The van der Waals surface area contributed by atoms with Crippen molar-refractivity contribution in [1.82, 2.24) is 5.32 Å². The number of hydrogen-bond donors (Lipinski definition) is 2. The summed E-state index contributed by atoms with van der Waals surface area (Å²) in [4.78, 5) is 11.7. The molecule has 158 valence electrons. The highest BCUT2D eigenvalue weighted by Gasteiger charge is 2.33. The first-order chi connectivity index (χ1) is 14.3. The maximum absolute atomic E-state index is 13.0. The summed E-state index contributed by atoms with van der Waals surface area (Å²) in [6.07, 6.45) is -1.23. The van der Waals surface area contributed by atoms with Crippen LogP contribution in [0.1, 0.15) is 40.9 Å². The Morgan fingerprint density at radius 2 is 1.63 bits per heavy atom. The zero-order chi connectivity index (χ0) is 21.3. The van der Waals surface area contributed by atoms with Crippen LogP contribution in [-0.4, -0.2) is 18.0 Å². The van der Waals surface area contributed by atoms with Gasteiger partial charge in [0.15, 0.2) is 0 Å². The fourth-order valence-electron chi connectivity index (χ4n) is 3.79. The van der Waals surface area contributed by atoms with Gasteiger partial charge in [0.1, 0.15) is 10.7 Å². The molecule has 2 N–H and O–H groups in total. The third-order valence-electron chi connectivity index (χ3n) is 5.35. The van der Waals surface area contributed by atoms with Crippen molar-refractivity contribution in [3.05, 3.63) is 64.8 Å². The molecule has 30 heavy (non-hydrogen) atoms. The van der Waals surface area contributed by atoms with Gasteiger partial charge in [0.25, 0.3) is 5.91 Å². The fourth-order valence-corrected chi connectivity index (χ4v) is 4.79. The molecule has 2 aromatic carbocycles. The van der Waals surface area contributed by atoms with Gasteiger partial charge in [0.05, 0.1) is 10.4 Å². The SMILES string of the molecule is O=C(NC1CCC(Nc2cccc3cc(C(F)(F)F)sc23)CC1)c1ccc(F)cc1. The van der Waals surface area contributed by atoms with Gasteiger partial charge in [0.2, 0.25) is 0 Å². The Morgan fingerprint density at radius 3 is 2.30 bits per heavy atom. The molecule has 0 spiro atoms. The molecular weight excluding hydrogens is 416 g/mol. The van der Waals surface area contributed by atoms with E-state index in [9.17, 15) is 22.4 Å². The van der Waals surface area contributed by atoms with Gasteiger partial charge in [-0.05, 0) is 67.5 Å². The van der Waals surface area contributed by atoms with Crippen LogP contribution in [0.25, 0.3) is 10.1 Å². The van der Waals surface area contributed by atoms with Crippen LogP contribution in [0, 0.1) is 5.82 Å². The Labute approximate surface area is 175 Å². The number of anilines is 1. The van der Waals surface area contributed by atoms with Crippen LogP contribution in [-0.2, 0) is 6.18 Å². The normalized spacial score (nSPS) is 19.6. The number of amides is 1. The molecule has 0 atom stereocenters. The van der Waals surface area contributed by atoms with Crippen molar-refractivity contribution >= 4 is 33.0 Å². The smallest absolute Gasteiger partial charge is 0.381 e. The summed E-state index contributed by atoms with van der Waals surface area (Å²) >= 11 is 0.756. The topological polar surface area (TPSA) is 41.1 Å². The molecular formula is C22H20F4N2OS. The van der Waals surface area contributed by atoms with Gasteiger partial charge in [0, 0.05) is 17.6 Å². The fraction of sp³-hybridized carbons (Fsp3) is 0.318. The van der Waals surface area contributed by atoms with E-state index in [2.05, 4.69) is 10.6 Å². The van der Waals surface area contributed by atoms with E-state index in [0.29, 0.717) is 21.3 Å². The summed E-state index contributed by atoms with van der Waals surface area (Å²) in [7, 11) is 0. The van der Waals surface area contributed by atoms with Crippen molar-refractivity contribution in [2.24, 2.45) is 0 Å². The lowest BCUT2D eigenvalue weighted by molar-refractivity contribution is -0.134. The van der Waals surface area contributed by atoms with Crippen LogP contribution in [0.3, 0.4) is 0 Å². The van der Waals surface area contributed by atoms with Crippen molar-refractivity contribution in [1.29, 1.82) is 0 Å². The van der Waals surface area contributed by atoms with Crippen LogP contribution in [0.15, 0.2) is 48.5 Å². The number of fused-ring (bicyclic) bond motifs is 1. The van der Waals surface area contributed by atoms with Crippen LogP contribution in [0.4, 0.5) is 23.2 Å². The Kier molecular flexibility index (Phi) is 5.69. The predicted octanol–water partition coefficient (Wildman–Crippen LogP) is 6.21. The lowest BCUT2D eigenvalue weighted by atomic mass is 9.90. The largest absolute Gasteiger partial charge is 0.425 e. The second-order valence-corrected chi connectivity index (χ2v) is 8.56. The van der Waals surface area contributed by atoms with Crippen molar-refractivity contribution in [3.8, 4) is 0 Å². The first-order valence-corrected chi connectivity index (χ1v) is 10.5. The monoisotopic (exact) mass is 436 g/mol. The maximum atomic E-state index is 13.0. The van der Waals surface area contributed by atoms with Gasteiger partial charge in [-0.1, -0.05) is 12.1 Å². The minimum absolute atomic E-state index is 0.0231. The summed E-state index contributed by atoms with van der Waals surface area (Å²) < 4.78 is 52.7. The Bertz CT molecular complexity index is 1040. The molecule has 3 aromatic rings. The van der Waals surface area contributed by atoms with E-state index in [1.54, 1.807) is 18.2 Å². The molecule has 1 aromatic heterocycles. The number of carbonyl (C=O) groups is 1. The van der Waals surface area contributed by atoms with Crippen LogP contribution in [0.5, 0.6) is 0 Å². The standard InChI is InChI=1S/C22H20F4N2OS/c23-15-6-4-13(5-7-15)21(29)28-17-10-8-16(9-11-17)27-18-3-1-2-14-12-19(22(24,25)26)30-20(14)18/h1-7,12,16-17,27H,8-11H2,(H,28,29). The molecule has 1 aliphatic rings. The minimum Gasteiger partial charge on any atom is -0.381 e. The van der Waals surface area contributed by atoms with Crippen molar-refractivity contribution < 1.29 is 22.4 Å². The summed E-state index contributed by atoms with van der Waals surface area (Å²) in [5.41, 5.74) is 1.13. The highest BCUT2D eigenvalue weighted by Crippen LogP contribution is 2.41. The van der Waals surface area contributed by atoms with E-state index in [1.165, 1.54) is 30.3 Å². The lowest BCUT2D eigenvalue weighted by Gasteiger charge is -2.30. The predicted molar refractivity (Wildman–Crippen MR) is 110 cm³/mol. The molecule has 0 bridgehead atoms. The van der Waals surface area contributed by atoms with E-state index in [4.69, 9.17) is 0 Å². The maximum Gasteiger partial charge on any atom is 0.425 e. The molecule has 1 aliphatic carbocycles. The van der Waals surface area contributed by atoms with E-state index < -0.39 is 11.1 Å². The molecule has 0 aliphatic heterocycles. The van der Waals surface area contributed by atoms with Crippen LogP contribution >= 0.6 is 11.3 Å². The quantitative estimate of drug-likeness (QED) is 0.477. The number of halogens is 4. The van der Waals surface area contributed by atoms with Gasteiger partial charge in [-0.3, -0.25) is 4.79 Å². The minimum atomic E-state index is -4.35. The summed E-state index contributed by atoms with van der Waals surface area (Å²) in [6.45, 7) is 0.